The summed E-state index contributed by atoms with van der Waals surface area (Å²) in [5.74, 6) is 0.242. The van der Waals surface area contributed by atoms with E-state index in [1.807, 2.05) is 11.8 Å². The van der Waals surface area contributed by atoms with Gasteiger partial charge < -0.3 is 14.5 Å². The van der Waals surface area contributed by atoms with Crippen LogP contribution in [0.2, 0.25) is 0 Å². The molecule has 0 aliphatic carbocycles. The number of likely N-dealkylation sites (N-methyl/N-ethyl adjacent to an activating group) is 1. The fraction of sp³-hybridized carbons (Fsp3) is 0.900. The fourth-order valence-electron chi connectivity index (χ4n) is 1.60. The minimum absolute atomic E-state index is 0.242. The molecule has 1 aliphatic heterocycles. The number of carbonyl (C=O) groups is 1. The first-order valence-electron chi connectivity index (χ1n) is 5.41. The number of ether oxygens (including phenoxy) is 1. The van der Waals surface area contributed by atoms with Crippen LogP contribution < -0.4 is 4.90 Å². The van der Waals surface area contributed by atoms with Gasteiger partial charge in [-0.1, -0.05) is 0 Å². The molecule has 0 aromatic heterocycles. The van der Waals surface area contributed by atoms with Crippen molar-refractivity contribution in [1.82, 2.24) is 4.90 Å². The number of nitrogens with one attached hydrogen (secondary N) is 1. The van der Waals surface area contributed by atoms with Gasteiger partial charge in [0.05, 0.1) is 46.3 Å². The zero-order valence-electron chi connectivity index (χ0n) is 9.21. The van der Waals surface area contributed by atoms with Crippen molar-refractivity contribution < 1.29 is 14.4 Å². The monoisotopic (exact) mass is 201 g/mol. The van der Waals surface area contributed by atoms with E-state index >= 15 is 0 Å². The summed E-state index contributed by atoms with van der Waals surface area (Å²) in [6.45, 7) is 7.15. The third-order valence-electron chi connectivity index (χ3n) is 2.63. The molecule has 0 unspecified atom stereocenters. The predicted octanol–water partition coefficient (Wildman–Crippen LogP) is -1.23. The summed E-state index contributed by atoms with van der Waals surface area (Å²) in [6, 6.07) is 0. The van der Waals surface area contributed by atoms with Gasteiger partial charge in [-0.15, -0.1) is 0 Å². The topological polar surface area (TPSA) is 34.0 Å². The van der Waals surface area contributed by atoms with Gasteiger partial charge in [-0.25, -0.2) is 0 Å². The quantitative estimate of drug-likeness (QED) is 0.578. The lowest BCUT2D eigenvalue weighted by Crippen LogP contribution is -3.12. The van der Waals surface area contributed by atoms with Crippen molar-refractivity contribution in [2.24, 2.45) is 0 Å². The van der Waals surface area contributed by atoms with Crippen molar-refractivity contribution in [1.29, 1.82) is 0 Å². The van der Waals surface area contributed by atoms with E-state index in [9.17, 15) is 4.79 Å². The lowest BCUT2D eigenvalue weighted by Gasteiger charge is -2.30. The summed E-state index contributed by atoms with van der Waals surface area (Å²) in [4.78, 5) is 15.1. The summed E-state index contributed by atoms with van der Waals surface area (Å²) in [6.07, 6.45) is 0.535. The second-order valence-electron chi connectivity index (χ2n) is 3.78. The molecule has 0 aromatic rings. The van der Waals surface area contributed by atoms with Gasteiger partial charge in [-0.2, -0.15) is 0 Å². The Labute approximate surface area is 85.8 Å². The Morgan fingerprint density at radius 2 is 2.07 bits per heavy atom. The molecule has 0 aromatic carbocycles. The van der Waals surface area contributed by atoms with E-state index < -0.39 is 0 Å². The maximum Gasteiger partial charge on any atom is 0.225 e. The van der Waals surface area contributed by atoms with E-state index in [2.05, 4.69) is 7.05 Å². The molecule has 1 amide bonds. The molecule has 82 valence electrons. The summed E-state index contributed by atoms with van der Waals surface area (Å²) in [7, 11) is 2.17. The Bertz CT molecular complexity index is 177. The first kappa shape index (κ1) is 11.5. The third-order valence-corrected chi connectivity index (χ3v) is 2.63. The van der Waals surface area contributed by atoms with Crippen molar-refractivity contribution in [2.45, 2.75) is 13.3 Å². The summed E-state index contributed by atoms with van der Waals surface area (Å²) in [5, 5.41) is 0. The van der Waals surface area contributed by atoms with Crippen molar-refractivity contribution in [3.05, 3.63) is 0 Å². The van der Waals surface area contributed by atoms with Gasteiger partial charge in [0.1, 0.15) is 0 Å². The molecule has 1 aliphatic rings. The molecular formula is C10H21N2O2+. The van der Waals surface area contributed by atoms with Crippen molar-refractivity contribution in [3.8, 4) is 0 Å². The molecule has 0 radical (unpaired) electrons. The molecule has 1 saturated heterocycles. The van der Waals surface area contributed by atoms with Gasteiger partial charge in [0.2, 0.25) is 5.91 Å². The molecule has 1 N–H and O–H groups in total. The van der Waals surface area contributed by atoms with Crippen LogP contribution in [0.4, 0.5) is 0 Å². The van der Waals surface area contributed by atoms with Gasteiger partial charge in [0, 0.05) is 6.61 Å². The molecule has 0 saturated carbocycles. The molecule has 4 heteroatoms. The lowest BCUT2D eigenvalue weighted by atomic mass is 10.3. The van der Waals surface area contributed by atoms with E-state index in [1.165, 1.54) is 4.90 Å². The summed E-state index contributed by atoms with van der Waals surface area (Å²) < 4.78 is 5.16. The van der Waals surface area contributed by atoms with Crippen molar-refractivity contribution in [2.75, 3.05) is 46.4 Å². The third kappa shape index (κ3) is 3.64. The smallest absolute Gasteiger partial charge is 0.225 e. The number of amides is 1. The number of hydrogen-bond acceptors (Lipinski definition) is 2. The molecule has 14 heavy (non-hydrogen) atoms. The fourth-order valence-corrected chi connectivity index (χ4v) is 1.60. The molecular weight excluding hydrogens is 180 g/mol. The standard InChI is InChI=1S/C10H20N2O2/c1-3-14-9-4-10(13)12-7-5-11(2)6-8-12/h3-9H2,1-2H3/p+1. The van der Waals surface area contributed by atoms with E-state index in [-0.39, 0.29) is 5.91 Å². The first-order chi connectivity index (χ1) is 6.74. The van der Waals surface area contributed by atoms with Crippen LogP contribution in [0.25, 0.3) is 0 Å². The van der Waals surface area contributed by atoms with Crippen molar-refractivity contribution >= 4 is 5.91 Å². The predicted molar refractivity (Wildman–Crippen MR) is 54.3 cm³/mol. The minimum atomic E-state index is 0.242. The summed E-state index contributed by atoms with van der Waals surface area (Å²) >= 11 is 0. The molecule has 0 bridgehead atoms. The average Bonchev–Trinajstić information content (AvgIpc) is 2.19. The van der Waals surface area contributed by atoms with Crippen LogP contribution in [0.1, 0.15) is 13.3 Å². The summed E-state index contributed by atoms with van der Waals surface area (Å²) in [5.41, 5.74) is 0. The number of rotatable bonds is 4. The van der Waals surface area contributed by atoms with Crippen LogP contribution in [0.3, 0.4) is 0 Å². The number of hydrogen-bond donors (Lipinski definition) is 1. The molecule has 0 spiro atoms. The Hall–Kier alpha value is -0.610. The molecule has 4 nitrogen and oxygen atoms in total. The first-order valence-corrected chi connectivity index (χ1v) is 5.41. The van der Waals surface area contributed by atoms with E-state index in [4.69, 9.17) is 4.74 Å². The Morgan fingerprint density at radius 1 is 1.43 bits per heavy atom. The van der Waals surface area contributed by atoms with Crippen molar-refractivity contribution in [3.63, 3.8) is 0 Å². The largest absolute Gasteiger partial charge is 0.381 e. The van der Waals surface area contributed by atoms with Gasteiger partial charge >= 0.3 is 0 Å². The Kier molecular flexibility index (Phi) is 4.90. The van der Waals surface area contributed by atoms with Gasteiger partial charge in [0.25, 0.3) is 0 Å². The molecule has 1 fully saturated rings. The SMILES string of the molecule is CCOCCC(=O)N1CC[NH+](C)CC1. The van der Waals surface area contributed by atoms with Crippen LogP contribution in [0.15, 0.2) is 0 Å². The highest BCUT2D eigenvalue weighted by Gasteiger charge is 2.20. The van der Waals surface area contributed by atoms with Crippen LogP contribution in [0, 0.1) is 0 Å². The number of piperazine rings is 1. The molecule has 1 heterocycles. The molecule has 1 rings (SSSR count). The van der Waals surface area contributed by atoms with E-state index in [1.54, 1.807) is 0 Å². The van der Waals surface area contributed by atoms with Crippen LogP contribution >= 0.6 is 0 Å². The number of quaternary nitrogens is 1. The second kappa shape index (κ2) is 5.98. The Morgan fingerprint density at radius 3 is 2.64 bits per heavy atom. The normalized spacial score (nSPS) is 18.6. The zero-order valence-corrected chi connectivity index (χ0v) is 9.21. The highest BCUT2D eigenvalue weighted by molar-refractivity contribution is 5.76. The second-order valence-corrected chi connectivity index (χ2v) is 3.78. The maximum absolute atomic E-state index is 11.6. The van der Waals surface area contributed by atoms with E-state index in [0.29, 0.717) is 19.6 Å². The van der Waals surface area contributed by atoms with Crippen LogP contribution in [-0.2, 0) is 9.53 Å². The van der Waals surface area contributed by atoms with E-state index in [0.717, 1.165) is 26.2 Å². The zero-order chi connectivity index (χ0) is 10.4. The maximum atomic E-state index is 11.6. The van der Waals surface area contributed by atoms with Crippen LogP contribution in [-0.4, -0.2) is 57.2 Å². The number of carbonyl (C=O) groups excluding carboxylic acids is 1. The highest BCUT2D eigenvalue weighted by atomic mass is 16.5. The van der Waals surface area contributed by atoms with Gasteiger partial charge in [-0.3, -0.25) is 4.79 Å². The highest BCUT2D eigenvalue weighted by Crippen LogP contribution is 1.95. The Balaban J connectivity index is 2.17. The lowest BCUT2D eigenvalue weighted by molar-refractivity contribution is -0.883. The number of nitrogens with zero attached hydrogens (tertiary/aromatic N) is 1. The van der Waals surface area contributed by atoms with Gasteiger partial charge in [-0.05, 0) is 6.92 Å². The minimum Gasteiger partial charge on any atom is -0.381 e. The van der Waals surface area contributed by atoms with Gasteiger partial charge in [0.15, 0.2) is 0 Å². The van der Waals surface area contributed by atoms with Crippen LogP contribution in [0.5, 0.6) is 0 Å². The average molecular weight is 201 g/mol. The molecule has 0 atom stereocenters.